The molecule has 0 aliphatic carbocycles. The highest BCUT2D eigenvalue weighted by Gasteiger charge is 2.06. The van der Waals surface area contributed by atoms with Crippen molar-refractivity contribution >= 4 is 23.1 Å². The lowest BCUT2D eigenvalue weighted by molar-refractivity contribution is -0.384. The number of anilines is 1. The Labute approximate surface area is 113 Å². The Hall–Kier alpha value is -2.21. The van der Waals surface area contributed by atoms with Crippen LogP contribution in [-0.4, -0.2) is 9.91 Å². The number of nitro groups is 1. The first kappa shape index (κ1) is 13.2. The number of benzene rings is 1. The summed E-state index contributed by atoms with van der Waals surface area (Å²) >= 11 is 5.59. The van der Waals surface area contributed by atoms with E-state index in [-0.39, 0.29) is 16.5 Å². The van der Waals surface area contributed by atoms with Gasteiger partial charge in [-0.2, -0.15) is 0 Å². The highest BCUT2D eigenvalue weighted by atomic mass is 35.5. The van der Waals surface area contributed by atoms with Crippen LogP contribution in [0.5, 0.6) is 0 Å². The Balaban J connectivity index is 2.04. The van der Waals surface area contributed by atoms with Gasteiger partial charge in [0.15, 0.2) is 11.6 Å². The summed E-state index contributed by atoms with van der Waals surface area (Å²) in [6, 6.07) is 7.13. The molecule has 0 amide bonds. The normalized spacial score (nSPS) is 10.2. The van der Waals surface area contributed by atoms with Crippen LogP contribution in [-0.2, 0) is 6.54 Å². The zero-order chi connectivity index (χ0) is 13.8. The summed E-state index contributed by atoms with van der Waals surface area (Å²) in [6.07, 6.45) is 1.34. The summed E-state index contributed by atoms with van der Waals surface area (Å²) in [7, 11) is 0. The molecule has 0 fully saturated rings. The summed E-state index contributed by atoms with van der Waals surface area (Å²) in [6.45, 7) is 0.309. The van der Waals surface area contributed by atoms with Crippen LogP contribution in [0.15, 0.2) is 36.5 Å². The molecule has 1 N–H and O–H groups in total. The predicted molar refractivity (Wildman–Crippen MR) is 69.6 cm³/mol. The molecule has 2 aromatic rings. The average Bonchev–Trinajstić information content (AvgIpc) is 2.38. The van der Waals surface area contributed by atoms with E-state index in [0.29, 0.717) is 6.54 Å². The third-order valence-electron chi connectivity index (χ3n) is 2.41. The molecule has 98 valence electrons. The van der Waals surface area contributed by atoms with Gasteiger partial charge in [-0.25, -0.2) is 9.37 Å². The monoisotopic (exact) mass is 281 g/mol. The second kappa shape index (κ2) is 5.62. The fourth-order valence-corrected chi connectivity index (χ4v) is 1.61. The molecule has 0 aliphatic rings. The standard InChI is InChI=1S/C12H9ClFN3O2/c13-9-5-11(14)12(16-7-9)15-6-8-1-3-10(4-2-8)17(18)19/h1-5,7H,6H2,(H,15,16). The number of nitro benzene ring substituents is 1. The lowest BCUT2D eigenvalue weighted by atomic mass is 10.2. The highest BCUT2D eigenvalue weighted by Crippen LogP contribution is 2.17. The molecule has 7 heteroatoms. The van der Waals surface area contributed by atoms with Crippen molar-refractivity contribution in [1.82, 2.24) is 4.98 Å². The summed E-state index contributed by atoms with van der Waals surface area (Å²) in [5.41, 5.74) is 0.793. The maximum atomic E-state index is 13.4. The fourth-order valence-electron chi connectivity index (χ4n) is 1.47. The van der Waals surface area contributed by atoms with Crippen LogP contribution in [0.2, 0.25) is 5.02 Å². The molecule has 0 bridgehead atoms. The average molecular weight is 282 g/mol. The van der Waals surface area contributed by atoms with Gasteiger partial charge in [0.05, 0.1) is 9.95 Å². The summed E-state index contributed by atoms with van der Waals surface area (Å²) in [4.78, 5) is 13.8. The predicted octanol–water partition coefficient (Wildman–Crippen LogP) is 3.39. The van der Waals surface area contributed by atoms with Gasteiger partial charge in [-0.05, 0) is 11.6 Å². The van der Waals surface area contributed by atoms with Crippen LogP contribution in [0.3, 0.4) is 0 Å². The molecule has 0 radical (unpaired) electrons. The van der Waals surface area contributed by atoms with Gasteiger partial charge in [-0.3, -0.25) is 10.1 Å². The molecular weight excluding hydrogens is 273 g/mol. The summed E-state index contributed by atoms with van der Waals surface area (Å²) in [5.74, 6) is -0.461. The zero-order valence-corrected chi connectivity index (χ0v) is 10.4. The van der Waals surface area contributed by atoms with Crippen LogP contribution in [0.1, 0.15) is 5.56 Å². The number of nitrogens with zero attached hydrogens (tertiary/aromatic N) is 2. The quantitative estimate of drug-likeness (QED) is 0.689. The van der Waals surface area contributed by atoms with E-state index in [0.717, 1.165) is 11.6 Å². The number of pyridine rings is 1. The molecule has 0 atom stereocenters. The van der Waals surface area contributed by atoms with E-state index in [1.807, 2.05) is 0 Å². The number of aromatic nitrogens is 1. The van der Waals surface area contributed by atoms with Crippen molar-refractivity contribution in [2.24, 2.45) is 0 Å². The number of hydrogen-bond acceptors (Lipinski definition) is 4. The lowest BCUT2D eigenvalue weighted by Gasteiger charge is -2.06. The number of hydrogen-bond donors (Lipinski definition) is 1. The van der Waals surface area contributed by atoms with E-state index in [1.165, 1.54) is 18.3 Å². The maximum absolute atomic E-state index is 13.4. The van der Waals surface area contributed by atoms with Gasteiger partial charge < -0.3 is 5.32 Å². The summed E-state index contributed by atoms with van der Waals surface area (Å²) < 4.78 is 13.4. The van der Waals surface area contributed by atoms with Crippen molar-refractivity contribution < 1.29 is 9.31 Å². The number of halogens is 2. The Morgan fingerprint density at radius 3 is 2.63 bits per heavy atom. The van der Waals surface area contributed by atoms with Crippen LogP contribution in [0, 0.1) is 15.9 Å². The molecule has 0 unspecified atom stereocenters. The molecule has 1 aromatic heterocycles. The largest absolute Gasteiger partial charge is 0.364 e. The van der Waals surface area contributed by atoms with Crippen LogP contribution in [0.25, 0.3) is 0 Å². The lowest BCUT2D eigenvalue weighted by Crippen LogP contribution is -2.03. The van der Waals surface area contributed by atoms with Gasteiger partial charge in [0.2, 0.25) is 0 Å². The van der Waals surface area contributed by atoms with E-state index in [4.69, 9.17) is 11.6 Å². The second-order valence-electron chi connectivity index (χ2n) is 3.76. The highest BCUT2D eigenvalue weighted by molar-refractivity contribution is 6.30. The van der Waals surface area contributed by atoms with Crippen molar-refractivity contribution in [3.63, 3.8) is 0 Å². The SMILES string of the molecule is O=[N+]([O-])c1ccc(CNc2ncc(Cl)cc2F)cc1. The van der Waals surface area contributed by atoms with Gasteiger partial charge in [-0.15, -0.1) is 0 Å². The van der Waals surface area contributed by atoms with Crippen molar-refractivity contribution in [1.29, 1.82) is 0 Å². The van der Waals surface area contributed by atoms with Crippen molar-refractivity contribution in [2.45, 2.75) is 6.54 Å². The molecule has 0 aliphatic heterocycles. The van der Waals surface area contributed by atoms with E-state index in [1.54, 1.807) is 12.1 Å². The smallest absolute Gasteiger partial charge is 0.269 e. The Morgan fingerprint density at radius 1 is 1.37 bits per heavy atom. The van der Waals surface area contributed by atoms with Gasteiger partial charge in [-0.1, -0.05) is 23.7 Å². The zero-order valence-electron chi connectivity index (χ0n) is 9.64. The van der Waals surface area contributed by atoms with E-state index in [2.05, 4.69) is 10.3 Å². The van der Waals surface area contributed by atoms with E-state index < -0.39 is 10.7 Å². The fraction of sp³-hybridized carbons (Fsp3) is 0.0833. The van der Waals surface area contributed by atoms with Crippen molar-refractivity contribution in [3.8, 4) is 0 Å². The molecule has 1 aromatic carbocycles. The minimum Gasteiger partial charge on any atom is -0.364 e. The van der Waals surface area contributed by atoms with Crippen molar-refractivity contribution in [3.05, 3.63) is 63.0 Å². The van der Waals surface area contributed by atoms with E-state index in [9.17, 15) is 14.5 Å². The number of nitrogens with one attached hydrogen (secondary N) is 1. The third-order valence-corrected chi connectivity index (χ3v) is 2.62. The van der Waals surface area contributed by atoms with Gasteiger partial charge in [0.25, 0.3) is 5.69 Å². The second-order valence-corrected chi connectivity index (χ2v) is 4.20. The maximum Gasteiger partial charge on any atom is 0.269 e. The van der Waals surface area contributed by atoms with Crippen LogP contribution in [0.4, 0.5) is 15.9 Å². The first-order chi connectivity index (χ1) is 9.06. The Kier molecular flexibility index (Phi) is 3.91. The molecule has 19 heavy (non-hydrogen) atoms. The molecule has 5 nitrogen and oxygen atoms in total. The van der Waals surface area contributed by atoms with Gasteiger partial charge >= 0.3 is 0 Å². The topological polar surface area (TPSA) is 68.1 Å². The minimum atomic E-state index is -0.547. The Bertz CT molecular complexity index is 604. The summed E-state index contributed by atoms with van der Waals surface area (Å²) in [5, 5.41) is 13.5. The van der Waals surface area contributed by atoms with Crippen molar-refractivity contribution in [2.75, 3.05) is 5.32 Å². The van der Waals surface area contributed by atoms with Crippen LogP contribution >= 0.6 is 11.6 Å². The Morgan fingerprint density at radius 2 is 2.05 bits per heavy atom. The molecule has 0 saturated heterocycles. The molecule has 0 spiro atoms. The molecular formula is C12H9ClFN3O2. The molecule has 1 heterocycles. The minimum absolute atomic E-state index is 0.0135. The molecule has 0 saturated carbocycles. The first-order valence-electron chi connectivity index (χ1n) is 5.34. The number of rotatable bonds is 4. The number of non-ortho nitro benzene ring substituents is 1. The first-order valence-corrected chi connectivity index (χ1v) is 5.72. The van der Waals surface area contributed by atoms with E-state index >= 15 is 0 Å². The van der Waals surface area contributed by atoms with Crippen LogP contribution < -0.4 is 5.32 Å². The van der Waals surface area contributed by atoms with Gasteiger partial charge in [0, 0.05) is 24.9 Å². The van der Waals surface area contributed by atoms with Gasteiger partial charge in [0.1, 0.15) is 0 Å². The molecule has 2 rings (SSSR count). The third kappa shape index (κ3) is 3.38.